The number of rotatable bonds is 6. The van der Waals surface area contributed by atoms with Gasteiger partial charge in [0.1, 0.15) is 5.75 Å². The minimum absolute atomic E-state index is 0.0286. The molecule has 0 atom stereocenters. The van der Waals surface area contributed by atoms with Gasteiger partial charge in [-0.25, -0.2) is 4.79 Å². The number of halogens is 2. The Hall–Kier alpha value is -1.91. The highest BCUT2D eigenvalue weighted by Gasteiger charge is 2.10. The Morgan fingerprint density at radius 3 is 2.32 bits per heavy atom. The van der Waals surface area contributed by atoms with E-state index in [1.54, 1.807) is 24.3 Å². The summed E-state index contributed by atoms with van der Waals surface area (Å²) in [5.41, 5.74) is 0.507. The number of carbonyl (C=O) groups is 1. The Labute approximate surface area is 138 Å². The lowest BCUT2D eigenvalue weighted by Crippen LogP contribution is -2.09. The fraction of sp³-hybridized carbons (Fsp3) is 0.188. The first-order valence-corrected chi connectivity index (χ1v) is 7.36. The van der Waals surface area contributed by atoms with E-state index in [-0.39, 0.29) is 35.0 Å². The summed E-state index contributed by atoms with van der Waals surface area (Å²) in [6, 6.07) is 11.4. The molecule has 0 bridgehead atoms. The standard InChI is InChI=1S/C16H14Cl2O4/c17-13-9-12(19)10-14(18)15(13)21-7-4-8-22-16(20)11-5-2-1-3-6-11/h1-3,5-6,9-10,19H,4,7-8H2. The highest BCUT2D eigenvalue weighted by Crippen LogP contribution is 2.36. The van der Waals surface area contributed by atoms with Crippen LogP contribution in [0.2, 0.25) is 10.0 Å². The lowest BCUT2D eigenvalue weighted by Gasteiger charge is -2.10. The molecule has 0 amide bonds. The van der Waals surface area contributed by atoms with Crippen LogP contribution in [-0.2, 0) is 4.74 Å². The molecule has 0 unspecified atom stereocenters. The number of aromatic hydroxyl groups is 1. The molecule has 0 aliphatic heterocycles. The Kier molecular flexibility index (Phi) is 5.92. The predicted molar refractivity (Wildman–Crippen MR) is 85.0 cm³/mol. The molecule has 116 valence electrons. The molecule has 0 spiro atoms. The molecular formula is C16H14Cl2O4. The highest BCUT2D eigenvalue weighted by molar-refractivity contribution is 6.37. The number of carbonyl (C=O) groups excluding carboxylic acids is 1. The zero-order chi connectivity index (χ0) is 15.9. The number of benzene rings is 2. The summed E-state index contributed by atoms with van der Waals surface area (Å²) in [7, 11) is 0. The van der Waals surface area contributed by atoms with E-state index in [9.17, 15) is 9.90 Å². The third kappa shape index (κ3) is 4.55. The van der Waals surface area contributed by atoms with Crippen LogP contribution in [-0.4, -0.2) is 24.3 Å². The van der Waals surface area contributed by atoms with Crippen molar-refractivity contribution in [2.45, 2.75) is 6.42 Å². The van der Waals surface area contributed by atoms with E-state index in [2.05, 4.69) is 0 Å². The van der Waals surface area contributed by atoms with Crippen molar-refractivity contribution >= 4 is 29.2 Å². The van der Waals surface area contributed by atoms with Crippen molar-refractivity contribution in [1.29, 1.82) is 0 Å². The van der Waals surface area contributed by atoms with Crippen LogP contribution in [0.5, 0.6) is 11.5 Å². The Balaban J connectivity index is 1.75. The average molecular weight is 341 g/mol. The van der Waals surface area contributed by atoms with Crippen molar-refractivity contribution in [3.8, 4) is 11.5 Å². The smallest absolute Gasteiger partial charge is 0.338 e. The third-order valence-corrected chi connectivity index (χ3v) is 3.32. The molecule has 2 rings (SSSR count). The molecule has 4 nitrogen and oxygen atoms in total. The van der Waals surface area contributed by atoms with Crippen LogP contribution in [0.25, 0.3) is 0 Å². The van der Waals surface area contributed by atoms with E-state index in [1.165, 1.54) is 12.1 Å². The molecule has 0 aromatic heterocycles. The predicted octanol–water partition coefficient (Wildman–Crippen LogP) is 4.32. The van der Waals surface area contributed by atoms with Crippen LogP contribution in [0.15, 0.2) is 42.5 Å². The minimum atomic E-state index is -0.374. The van der Waals surface area contributed by atoms with E-state index in [1.807, 2.05) is 6.07 Å². The molecule has 2 aromatic carbocycles. The lowest BCUT2D eigenvalue weighted by atomic mass is 10.2. The first-order chi connectivity index (χ1) is 10.6. The van der Waals surface area contributed by atoms with E-state index < -0.39 is 0 Å². The van der Waals surface area contributed by atoms with E-state index in [0.29, 0.717) is 17.7 Å². The zero-order valence-corrected chi connectivity index (χ0v) is 13.1. The molecule has 2 aromatic rings. The van der Waals surface area contributed by atoms with Crippen LogP contribution in [0.3, 0.4) is 0 Å². The van der Waals surface area contributed by atoms with Crippen molar-refractivity contribution in [3.05, 3.63) is 58.1 Å². The zero-order valence-electron chi connectivity index (χ0n) is 11.6. The van der Waals surface area contributed by atoms with Gasteiger partial charge in [0.25, 0.3) is 0 Å². The van der Waals surface area contributed by atoms with Crippen LogP contribution in [0.1, 0.15) is 16.8 Å². The van der Waals surface area contributed by atoms with Gasteiger partial charge in [0, 0.05) is 18.6 Å². The van der Waals surface area contributed by atoms with Crippen molar-refractivity contribution < 1.29 is 19.4 Å². The summed E-state index contributed by atoms with van der Waals surface area (Å²) in [6.07, 6.45) is 0.492. The molecule has 6 heteroatoms. The summed E-state index contributed by atoms with van der Waals surface area (Å²) < 4.78 is 10.6. The molecule has 0 radical (unpaired) electrons. The van der Waals surface area contributed by atoms with Gasteiger partial charge in [-0.05, 0) is 12.1 Å². The SMILES string of the molecule is O=C(OCCCOc1c(Cl)cc(O)cc1Cl)c1ccccc1. The number of hydrogen-bond donors (Lipinski definition) is 1. The van der Waals surface area contributed by atoms with Crippen LogP contribution < -0.4 is 4.74 Å². The molecule has 0 fully saturated rings. The topological polar surface area (TPSA) is 55.8 Å². The fourth-order valence-electron chi connectivity index (χ4n) is 1.74. The number of ether oxygens (including phenoxy) is 2. The third-order valence-electron chi connectivity index (χ3n) is 2.76. The summed E-state index contributed by atoms with van der Waals surface area (Å²) in [4.78, 5) is 11.7. The van der Waals surface area contributed by atoms with Crippen molar-refractivity contribution in [1.82, 2.24) is 0 Å². The van der Waals surface area contributed by atoms with Gasteiger partial charge in [0.05, 0.1) is 28.8 Å². The van der Waals surface area contributed by atoms with Crippen molar-refractivity contribution in [2.24, 2.45) is 0 Å². The van der Waals surface area contributed by atoms with Crippen molar-refractivity contribution in [3.63, 3.8) is 0 Å². The quantitative estimate of drug-likeness (QED) is 0.628. The highest BCUT2D eigenvalue weighted by atomic mass is 35.5. The molecule has 0 saturated carbocycles. The summed E-state index contributed by atoms with van der Waals surface area (Å²) >= 11 is 11.8. The van der Waals surface area contributed by atoms with Gasteiger partial charge in [-0.2, -0.15) is 0 Å². The minimum Gasteiger partial charge on any atom is -0.508 e. The molecule has 0 aliphatic rings. The maximum absolute atomic E-state index is 11.7. The second-order valence-corrected chi connectivity index (χ2v) is 5.26. The molecule has 0 saturated heterocycles. The van der Waals surface area contributed by atoms with E-state index in [0.717, 1.165) is 0 Å². The van der Waals surface area contributed by atoms with Gasteiger partial charge < -0.3 is 14.6 Å². The Morgan fingerprint density at radius 1 is 1.05 bits per heavy atom. The monoisotopic (exact) mass is 340 g/mol. The Bertz CT molecular complexity index is 621. The number of esters is 1. The number of phenolic OH excluding ortho intramolecular Hbond substituents is 1. The normalized spacial score (nSPS) is 10.3. The molecular weight excluding hydrogens is 327 g/mol. The van der Waals surface area contributed by atoms with Crippen molar-refractivity contribution in [2.75, 3.05) is 13.2 Å². The number of hydrogen-bond acceptors (Lipinski definition) is 4. The van der Waals surface area contributed by atoms with Gasteiger partial charge in [0.2, 0.25) is 0 Å². The van der Waals surface area contributed by atoms with Gasteiger partial charge in [-0.15, -0.1) is 0 Å². The first kappa shape index (κ1) is 16.5. The summed E-state index contributed by atoms with van der Waals surface area (Å²) in [6.45, 7) is 0.507. The number of phenols is 1. The maximum atomic E-state index is 11.7. The summed E-state index contributed by atoms with van der Waals surface area (Å²) in [5, 5.41) is 9.77. The van der Waals surface area contributed by atoms with E-state index in [4.69, 9.17) is 32.7 Å². The van der Waals surface area contributed by atoms with Gasteiger partial charge in [0.15, 0.2) is 5.75 Å². The molecule has 0 heterocycles. The second kappa shape index (κ2) is 7.92. The second-order valence-electron chi connectivity index (χ2n) is 4.44. The van der Waals surface area contributed by atoms with Crippen LogP contribution in [0.4, 0.5) is 0 Å². The molecule has 1 N–H and O–H groups in total. The first-order valence-electron chi connectivity index (χ1n) is 6.61. The largest absolute Gasteiger partial charge is 0.508 e. The van der Waals surface area contributed by atoms with Crippen LogP contribution in [0, 0.1) is 0 Å². The lowest BCUT2D eigenvalue weighted by molar-refractivity contribution is 0.0486. The van der Waals surface area contributed by atoms with Gasteiger partial charge in [-0.1, -0.05) is 41.4 Å². The Morgan fingerprint density at radius 2 is 1.68 bits per heavy atom. The summed E-state index contributed by atoms with van der Waals surface area (Å²) in [5.74, 6) is -0.101. The fourth-order valence-corrected chi connectivity index (χ4v) is 2.32. The van der Waals surface area contributed by atoms with E-state index >= 15 is 0 Å². The molecule has 22 heavy (non-hydrogen) atoms. The van der Waals surface area contributed by atoms with Crippen LogP contribution >= 0.6 is 23.2 Å². The maximum Gasteiger partial charge on any atom is 0.338 e. The molecule has 0 aliphatic carbocycles. The van der Waals surface area contributed by atoms with Gasteiger partial charge >= 0.3 is 5.97 Å². The van der Waals surface area contributed by atoms with Gasteiger partial charge in [-0.3, -0.25) is 0 Å². The average Bonchev–Trinajstić information content (AvgIpc) is 2.49.